The van der Waals surface area contributed by atoms with E-state index in [9.17, 15) is 14.4 Å². The smallest absolute Gasteiger partial charge is 0.347 e. The molecule has 1 N–H and O–H groups in total. The van der Waals surface area contributed by atoms with Crippen LogP contribution >= 0.6 is 0 Å². The molecule has 1 aliphatic rings. The third-order valence-electron chi connectivity index (χ3n) is 3.40. The molecule has 0 unspecified atom stereocenters. The lowest BCUT2D eigenvalue weighted by Gasteiger charge is -2.20. The van der Waals surface area contributed by atoms with Gasteiger partial charge >= 0.3 is 12.0 Å². The fourth-order valence-electron chi connectivity index (χ4n) is 2.16. The lowest BCUT2D eigenvalue weighted by atomic mass is 10.2. The van der Waals surface area contributed by atoms with Gasteiger partial charge in [0.1, 0.15) is 5.75 Å². The van der Waals surface area contributed by atoms with E-state index in [1.807, 2.05) is 19.1 Å². The molecule has 0 aromatic heterocycles. The van der Waals surface area contributed by atoms with Gasteiger partial charge in [0.2, 0.25) is 0 Å². The summed E-state index contributed by atoms with van der Waals surface area (Å²) in [5, 5.41) is 2.52. The van der Waals surface area contributed by atoms with E-state index in [4.69, 9.17) is 9.47 Å². The molecular weight excluding hydrogens is 300 g/mol. The monoisotopic (exact) mass is 320 g/mol. The number of nitrogens with zero attached hydrogens (tertiary/aromatic N) is 1. The van der Waals surface area contributed by atoms with E-state index >= 15 is 0 Å². The maximum Gasteiger partial charge on any atom is 0.347 e. The molecule has 3 amide bonds. The second kappa shape index (κ2) is 7.13. The van der Waals surface area contributed by atoms with Crippen LogP contribution in [0, 0.1) is 6.92 Å². The summed E-state index contributed by atoms with van der Waals surface area (Å²) in [5.41, 5.74) is 1.01. The number of rotatable bonds is 5. The number of carbonyl (C=O) groups is 3. The van der Waals surface area contributed by atoms with E-state index < -0.39 is 30.1 Å². The summed E-state index contributed by atoms with van der Waals surface area (Å²) >= 11 is 0. The molecular formula is C16H20N2O5. The van der Waals surface area contributed by atoms with Crippen LogP contribution in [0.15, 0.2) is 24.3 Å². The van der Waals surface area contributed by atoms with Crippen LogP contribution in [0.3, 0.4) is 0 Å². The van der Waals surface area contributed by atoms with Crippen molar-refractivity contribution in [1.29, 1.82) is 0 Å². The number of ether oxygens (including phenoxy) is 2. The van der Waals surface area contributed by atoms with Crippen LogP contribution in [0.2, 0.25) is 0 Å². The molecule has 0 saturated carbocycles. The van der Waals surface area contributed by atoms with Gasteiger partial charge in [0.15, 0.2) is 12.2 Å². The zero-order chi connectivity index (χ0) is 17.0. The first-order valence-electron chi connectivity index (χ1n) is 7.41. The van der Waals surface area contributed by atoms with Crippen LogP contribution in [0.1, 0.15) is 19.4 Å². The number of hydrogen-bond acceptors (Lipinski definition) is 5. The molecule has 0 radical (unpaired) electrons. The highest BCUT2D eigenvalue weighted by atomic mass is 16.6. The van der Waals surface area contributed by atoms with Gasteiger partial charge in [-0.1, -0.05) is 12.1 Å². The molecule has 0 aliphatic carbocycles. The second-order valence-corrected chi connectivity index (χ2v) is 5.38. The van der Waals surface area contributed by atoms with Gasteiger partial charge in [0, 0.05) is 13.1 Å². The molecule has 1 fully saturated rings. The number of carbonyl (C=O) groups excluding carboxylic acids is 3. The zero-order valence-corrected chi connectivity index (χ0v) is 13.4. The van der Waals surface area contributed by atoms with Gasteiger partial charge < -0.3 is 14.8 Å². The quantitative estimate of drug-likeness (QED) is 0.825. The third kappa shape index (κ3) is 4.21. The van der Waals surface area contributed by atoms with Crippen LogP contribution in [-0.2, 0) is 14.3 Å². The molecule has 1 heterocycles. The fraction of sp³-hybridized carbons (Fsp3) is 0.438. The number of amides is 3. The number of urea groups is 1. The van der Waals surface area contributed by atoms with Gasteiger partial charge in [-0.2, -0.15) is 0 Å². The van der Waals surface area contributed by atoms with Crippen molar-refractivity contribution in [3.63, 3.8) is 0 Å². The van der Waals surface area contributed by atoms with Crippen molar-refractivity contribution in [2.75, 3.05) is 13.1 Å². The molecule has 7 nitrogen and oxygen atoms in total. The highest BCUT2D eigenvalue weighted by Gasteiger charge is 2.32. The summed E-state index contributed by atoms with van der Waals surface area (Å²) in [7, 11) is 0. The van der Waals surface area contributed by atoms with Gasteiger partial charge in [-0.25, -0.2) is 9.59 Å². The minimum Gasteiger partial charge on any atom is -0.479 e. The summed E-state index contributed by atoms with van der Waals surface area (Å²) in [6, 6.07) is 6.80. The lowest BCUT2D eigenvalue weighted by molar-refractivity contribution is -0.163. The predicted molar refractivity (Wildman–Crippen MR) is 81.9 cm³/mol. The molecule has 2 rings (SSSR count). The Balaban J connectivity index is 1.89. The Morgan fingerprint density at radius 3 is 2.61 bits per heavy atom. The average molecular weight is 320 g/mol. The molecule has 1 aliphatic heterocycles. The van der Waals surface area contributed by atoms with Crippen LogP contribution < -0.4 is 10.1 Å². The first kappa shape index (κ1) is 16.8. The molecule has 1 saturated heterocycles. The molecule has 7 heteroatoms. The van der Waals surface area contributed by atoms with Crippen LogP contribution in [-0.4, -0.2) is 48.1 Å². The number of hydrogen-bond donors (Lipinski definition) is 1. The second-order valence-electron chi connectivity index (χ2n) is 5.38. The Kier molecular flexibility index (Phi) is 5.20. The van der Waals surface area contributed by atoms with Crippen molar-refractivity contribution in [2.45, 2.75) is 33.0 Å². The zero-order valence-electron chi connectivity index (χ0n) is 13.4. The molecule has 23 heavy (non-hydrogen) atoms. The van der Waals surface area contributed by atoms with E-state index in [1.165, 1.54) is 6.92 Å². The van der Waals surface area contributed by atoms with Crippen molar-refractivity contribution in [3.8, 4) is 5.75 Å². The van der Waals surface area contributed by atoms with Crippen LogP contribution in [0.4, 0.5) is 4.79 Å². The van der Waals surface area contributed by atoms with E-state index in [0.29, 0.717) is 12.3 Å². The average Bonchev–Trinajstić information content (AvgIpc) is 2.92. The van der Waals surface area contributed by atoms with Crippen molar-refractivity contribution >= 4 is 17.9 Å². The van der Waals surface area contributed by atoms with E-state index in [-0.39, 0.29) is 6.54 Å². The van der Waals surface area contributed by atoms with E-state index in [0.717, 1.165) is 10.5 Å². The van der Waals surface area contributed by atoms with Crippen molar-refractivity contribution in [2.24, 2.45) is 0 Å². The highest BCUT2D eigenvalue weighted by molar-refractivity contribution is 5.98. The maximum absolute atomic E-state index is 12.1. The highest BCUT2D eigenvalue weighted by Crippen LogP contribution is 2.15. The minimum absolute atomic E-state index is 0.273. The summed E-state index contributed by atoms with van der Waals surface area (Å²) in [6.45, 7) is 5.57. The largest absolute Gasteiger partial charge is 0.479 e. The summed E-state index contributed by atoms with van der Waals surface area (Å²) in [6.07, 6.45) is -1.91. The Hall–Kier alpha value is -2.57. The Labute approximate surface area is 134 Å². The first-order valence-corrected chi connectivity index (χ1v) is 7.41. The van der Waals surface area contributed by atoms with Gasteiger partial charge in [-0.05, 0) is 38.5 Å². The Morgan fingerprint density at radius 1 is 1.26 bits per heavy atom. The SMILES string of the molecule is Cc1cccc(O[C@H](C)C(=O)O[C@@H](C)C(=O)N2CCNC2=O)c1. The fourth-order valence-corrected chi connectivity index (χ4v) is 2.16. The molecule has 1 aromatic rings. The van der Waals surface area contributed by atoms with Crippen molar-refractivity contribution < 1.29 is 23.9 Å². The van der Waals surface area contributed by atoms with Gasteiger partial charge in [0.05, 0.1) is 0 Å². The standard InChI is InChI=1S/C16H20N2O5/c1-10-5-4-6-13(9-10)22-12(3)15(20)23-11(2)14(19)18-8-7-17-16(18)21/h4-6,9,11-12H,7-8H2,1-3H3,(H,17,21)/t11-,12+/m0/s1. The first-order chi connectivity index (χ1) is 10.9. The van der Waals surface area contributed by atoms with E-state index in [1.54, 1.807) is 19.1 Å². The van der Waals surface area contributed by atoms with E-state index in [2.05, 4.69) is 5.32 Å². The van der Waals surface area contributed by atoms with Crippen molar-refractivity contribution in [1.82, 2.24) is 10.2 Å². The number of imide groups is 1. The number of benzene rings is 1. The van der Waals surface area contributed by atoms with Gasteiger partial charge in [0.25, 0.3) is 5.91 Å². The molecule has 0 bridgehead atoms. The minimum atomic E-state index is -1.05. The topological polar surface area (TPSA) is 84.9 Å². The lowest BCUT2D eigenvalue weighted by Crippen LogP contribution is -2.43. The van der Waals surface area contributed by atoms with Crippen LogP contribution in [0.5, 0.6) is 5.75 Å². The summed E-state index contributed by atoms with van der Waals surface area (Å²) < 4.78 is 10.6. The Bertz CT molecular complexity index is 616. The predicted octanol–water partition coefficient (Wildman–Crippen LogP) is 1.25. The number of esters is 1. The molecule has 1 aromatic carbocycles. The van der Waals surface area contributed by atoms with Gasteiger partial charge in [-0.3, -0.25) is 9.69 Å². The summed E-state index contributed by atoms with van der Waals surface area (Å²) in [4.78, 5) is 36.6. The number of aryl methyl sites for hydroxylation is 1. The molecule has 2 atom stereocenters. The van der Waals surface area contributed by atoms with Gasteiger partial charge in [-0.15, -0.1) is 0 Å². The molecule has 124 valence electrons. The van der Waals surface area contributed by atoms with Crippen molar-refractivity contribution in [3.05, 3.63) is 29.8 Å². The molecule has 0 spiro atoms. The van der Waals surface area contributed by atoms with Crippen LogP contribution in [0.25, 0.3) is 0 Å². The summed E-state index contributed by atoms with van der Waals surface area (Å²) in [5.74, 6) is -0.657. The normalized spacial score (nSPS) is 16.5. The third-order valence-corrected chi connectivity index (χ3v) is 3.40. The maximum atomic E-state index is 12.1. The Morgan fingerprint density at radius 2 is 2.00 bits per heavy atom. The number of nitrogens with one attached hydrogen (secondary N) is 1.